The number of benzene rings is 1. The van der Waals surface area contributed by atoms with E-state index in [9.17, 15) is 4.79 Å². The van der Waals surface area contributed by atoms with Crippen LogP contribution in [0.3, 0.4) is 0 Å². The van der Waals surface area contributed by atoms with Crippen LogP contribution in [-0.2, 0) is 17.6 Å². The van der Waals surface area contributed by atoms with E-state index < -0.39 is 0 Å². The second-order valence-corrected chi connectivity index (χ2v) is 7.23. The molecule has 1 aromatic carbocycles. The normalized spacial score (nSPS) is 11.1. The molecule has 0 unspecified atom stereocenters. The van der Waals surface area contributed by atoms with Crippen LogP contribution in [0.25, 0.3) is 10.9 Å². The molecule has 2 aromatic heterocycles. The van der Waals surface area contributed by atoms with E-state index in [1.807, 2.05) is 20.0 Å². The summed E-state index contributed by atoms with van der Waals surface area (Å²) < 4.78 is 0. The predicted octanol–water partition coefficient (Wildman–Crippen LogP) is 3.45. The summed E-state index contributed by atoms with van der Waals surface area (Å²) in [5.74, 6) is 0.0365. The maximum Gasteiger partial charge on any atom is 0.226 e. The van der Waals surface area contributed by atoms with Gasteiger partial charge in [0.05, 0.1) is 17.1 Å². The Morgan fingerprint density at radius 3 is 2.87 bits per heavy atom. The summed E-state index contributed by atoms with van der Waals surface area (Å²) in [5, 5.41) is 5.25. The third-order valence-electron chi connectivity index (χ3n) is 4.05. The maximum absolute atomic E-state index is 12.1. The Balaban J connectivity index is 1.57. The molecular weight excluding hydrogens is 306 g/mol. The van der Waals surface area contributed by atoms with Crippen molar-refractivity contribution in [2.45, 2.75) is 33.6 Å². The van der Waals surface area contributed by atoms with Gasteiger partial charge in [0.2, 0.25) is 5.91 Å². The predicted molar refractivity (Wildman–Crippen MR) is 95.0 cm³/mol. The van der Waals surface area contributed by atoms with Crippen LogP contribution in [0.15, 0.2) is 24.4 Å². The van der Waals surface area contributed by atoms with Gasteiger partial charge in [-0.25, -0.2) is 4.98 Å². The van der Waals surface area contributed by atoms with Gasteiger partial charge >= 0.3 is 0 Å². The summed E-state index contributed by atoms with van der Waals surface area (Å²) in [6, 6.07) is 6.29. The van der Waals surface area contributed by atoms with Gasteiger partial charge in [-0.1, -0.05) is 18.2 Å². The lowest BCUT2D eigenvalue weighted by Gasteiger charge is -2.04. The highest BCUT2D eigenvalue weighted by Crippen LogP contribution is 2.21. The molecule has 0 radical (unpaired) electrons. The summed E-state index contributed by atoms with van der Waals surface area (Å²) in [6.45, 7) is 6.73. The van der Waals surface area contributed by atoms with Gasteiger partial charge in [-0.3, -0.25) is 4.79 Å². The summed E-state index contributed by atoms with van der Waals surface area (Å²) in [4.78, 5) is 20.9. The molecule has 3 aromatic rings. The number of rotatable bonds is 5. The van der Waals surface area contributed by atoms with E-state index in [1.165, 1.54) is 22.0 Å². The Morgan fingerprint density at radius 2 is 2.13 bits per heavy atom. The number of aromatic nitrogens is 2. The molecule has 2 N–H and O–H groups in total. The average molecular weight is 327 g/mol. The van der Waals surface area contributed by atoms with Crippen molar-refractivity contribution in [3.8, 4) is 0 Å². The van der Waals surface area contributed by atoms with Gasteiger partial charge in [-0.2, -0.15) is 0 Å². The number of thiazole rings is 1. The number of H-pyrrole nitrogens is 1. The standard InChI is InChI=1S/C18H21N3OS/c1-11-5-4-6-15-14(10-20-18(11)15)7-8-19-17(22)9-16-12(2)23-13(3)21-16/h4-6,10,20H,7-9H2,1-3H3,(H,19,22). The number of carbonyl (C=O) groups is 1. The quantitative estimate of drug-likeness (QED) is 0.754. The Kier molecular flexibility index (Phi) is 4.48. The lowest BCUT2D eigenvalue weighted by molar-refractivity contribution is -0.120. The molecule has 0 bridgehead atoms. The molecule has 120 valence electrons. The van der Waals surface area contributed by atoms with Gasteiger partial charge in [0.1, 0.15) is 0 Å². The van der Waals surface area contributed by atoms with Gasteiger partial charge in [0, 0.05) is 28.5 Å². The third-order valence-corrected chi connectivity index (χ3v) is 4.98. The summed E-state index contributed by atoms with van der Waals surface area (Å²) in [7, 11) is 0. The molecule has 0 aliphatic heterocycles. The van der Waals surface area contributed by atoms with E-state index in [2.05, 4.69) is 40.4 Å². The van der Waals surface area contributed by atoms with Gasteiger partial charge in [0.15, 0.2) is 0 Å². The zero-order chi connectivity index (χ0) is 16.4. The highest BCUT2D eigenvalue weighted by molar-refractivity contribution is 7.11. The fourth-order valence-corrected chi connectivity index (χ4v) is 3.69. The third kappa shape index (κ3) is 3.45. The fraction of sp³-hybridized carbons (Fsp3) is 0.333. The van der Waals surface area contributed by atoms with Crippen LogP contribution >= 0.6 is 11.3 Å². The second-order valence-electron chi connectivity index (χ2n) is 5.82. The smallest absolute Gasteiger partial charge is 0.226 e. The van der Waals surface area contributed by atoms with Crippen molar-refractivity contribution in [2.24, 2.45) is 0 Å². The molecule has 5 heteroatoms. The molecule has 0 aliphatic carbocycles. The molecule has 0 spiro atoms. The molecule has 4 nitrogen and oxygen atoms in total. The van der Waals surface area contributed by atoms with Crippen molar-refractivity contribution in [3.63, 3.8) is 0 Å². The number of aryl methyl sites for hydroxylation is 3. The highest BCUT2D eigenvalue weighted by atomic mass is 32.1. The number of hydrogen-bond donors (Lipinski definition) is 2. The summed E-state index contributed by atoms with van der Waals surface area (Å²) in [6.07, 6.45) is 3.23. The Bertz CT molecular complexity index is 847. The van der Waals surface area contributed by atoms with Gasteiger partial charge < -0.3 is 10.3 Å². The number of nitrogens with one attached hydrogen (secondary N) is 2. The first-order valence-electron chi connectivity index (χ1n) is 7.80. The molecule has 2 heterocycles. The average Bonchev–Trinajstić information content (AvgIpc) is 3.04. The molecule has 0 saturated carbocycles. The van der Waals surface area contributed by atoms with Crippen molar-refractivity contribution in [1.29, 1.82) is 0 Å². The van der Waals surface area contributed by atoms with Crippen LogP contribution in [0.5, 0.6) is 0 Å². The monoisotopic (exact) mass is 327 g/mol. The summed E-state index contributed by atoms with van der Waals surface area (Å²) in [5.41, 5.74) is 4.56. The van der Waals surface area contributed by atoms with Crippen molar-refractivity contribution < 1.29 is 4.79 Å². The SMILES string of the molecule is Cc1nc(CC(=O)NCCc2c[nH]c3c(C)cccc23)c(C)s1. The molecule has 1 amide bonds. The van der Waals surface area contributed by atoms with E-state index in [1.54, 1.807) is 11.3 Å². The van der Waals surface area contributed by atoms with Crippen LogP contribution in [0, 0.1) is 20.8 Å². The van der Waals surface area contributed by atoms with Crippen LogP contribution in [0.4, 0.5) is 0 Å². The van der Waals surface area contributed by atoms with Crippen LogP contribution < -0.4 is 5.32 Å². The number of amides is 1. The number of fused-ring (bicyclic) bond motifs is 1. The van der Waals surface area contributed by atoms with Gasteiger partial charge in [-0.05, 0) is 38.3 Å². The number of nitrogens with zero attached hydrogens (tertiary/aromatic N) is 1. The molecule has 0 fully saturated rings. The lowest BCUT2D eigenvalue weighted by Crippen LogP contribution is -2.27. The number of carbonyl (C=O) groups excluding carboxylic acids is 1. The lowest BCUT2D eigenvalue weighted by atomic mass is 10.1. The van der Waals surface area contributed by atoms with Crippen LogP contribution in [0.1, 0.15) is 26.7 Å². The maximum atomic E-state index is 12.1. The Hall–Kier alpha value is -2.14. The van der Waals surface area contributed by atoms with E-state index in [0.29, 0.717) is 13.0 Å². The van der Waals surface area contributed by atoms with Crippen molar-refractivity contribution in [3.05, 3.63) is 51.1 Å². The van der Waals surface area contributed by atoms with Gasteiger partial charge in [-0.15, -0.1) is 11.3 Å². The molecule has 23 heavy (non-hydrogen) atoms. The zero-order valence-electron chi connectivity index (χ0n) is 13.7. The van der Waals surface area contributed by atoms with Crippen LogP contribution in [-0.4, -0.2) is 22.4 Å². The van der Waals surface area contributed by atoms with E-state index in [4.69, 9.17) is 0 Å². The highest BCUT2D eigenvalue weighted by Gasteiger charge is 2.10. The van der Waals surface area contributed by atoms with Crippen molar-refractivity contribution in [1.82, 2.24) is 15.3 Å². The Morgan fingerprint density at radius 1 is 1.30 bits per heavy atom. The number of hydrogen-bond acceptors (Lipinski definition) is 3. The minimum absolute atomic E-state index is 0.0365. The first kappa shape index (κ1) is 15.7. The van der Waals surface area contributed by atoms with Crippen LogP contribution in [0.2, 0.25) is 0 Å². The second kappa shape index (κ2) is 6.54. The number of aromatic amines is 1. The first-order valence-corrected chi connectivity index (χ1v) is 8.61. The minimum Gasteiger partial charge on any atom is -0.361 e. The largest absolute Gasteiger partial charge is 0.361 e. The fourth-order valence-electron chi connectivity index (χ4n) is 2.86. The van der Waals surface area contributed by atoms with Crippen molar-refractivity contribution >= 4 is 28.1 Å². The molecule has 0 aliphatic rings. The molecular formula is C18H21N3OS. The zero-order valence-corrected chi connectivity index (χ0v) is 14.5. The first-order chi connectivity index (χ1) is 11.0. The Labute approximate surface area is 140 Å². The molecule has 0 saturated heterocycles. The molecule has 0 atom stereocenters. The van der Waals surface area contributed by atoms with E-state index in [-0.39, 0.29) is 5.91 Å². The summed E-state index contributed by atoms with van der Waals surface area (Å²) >= 11 is 1.64. The van der Waals surface area contributed by atoms with Gasteiger partial charge in [0.25, 0.3) is 0 Å². The topological polar surface area (TPSA) is 57.8 Å². The van der Waals surface area contributed by atoms with E-state index in [0.717, 1.165) is 22.0 Å². The van der Waals surface area contributed by atoms with Crippen molar-refractivity contribution in [2.75, 3.05) is 6.54 Å². The minimum atomic E-state index is 0.0365. The molecule has 3 rings (SSSR count). The van der Waals surface area contributed by atoms with E-state index >= 15 is 0 Å². The number of para-hydroxylation sites is 1.